The van der Waals surface area contributed by atoms with Gasteiger partial charge in [0.15, 0.2) is 0 Å². The van der Waals surface area contributed by atoms with Gasteiger partial charge < -0.3 is 10.1 Å². The minimum absolute atomic E-state index is 0.0109. The van der Waals surface area contributed by atoms with Crippen LogP contribution in [0.5, 0.6) is 0 Å². The number of urea groups is 1. The number of nitro groups is 1. The van der Waals surface area contributed by atoms with Crippen molar-refractivity contribution in [1.29, 1.82) is 0 Å². The minimum Gasteiger partial charge on any atom is -0.377 e. The molecule has 0 radical (unpaired) electrons. The van der Waals surface area contributed by atoms with Gasteiger partial charge in [-0.3, -0.25) is 19.8 Å². The fraction of sp³-hybridized carbons (Fsp3) is 0.467. The lowest BCUT2D eigenvalue weighted by atomic mass is 9.92. The maximum Gasteiger partial charge on any atom is 0.325 e. The smallest absolute Gasteiger partial charge is 0.325 e. The lowest BCUT2D eigenvalue weighted by Crippen LogP contribution is -2.41. The second-order valence-corrected chi connectivity index (χ2v) is 5.74. The molecule has 1 aliphatic rings. The van der Waals surface area contributed by atoms with Crippen molar-refractivity contribution in [2.24, 2.45) is 0 Å². The zero-order chi connectivity index (χ0) is 17.2. The van der Waals surface area contributed by atoms with Gasteiger partial charge >= 0.3 is 6.03 Å². The molecular formula is C15H19N3O5. The molecule has 1 aromatic rings. The van der Waals surface area contributed by atoms with Crippen molar-refractivity contribution >= 4 is 17.6 Å². The standard InChI is InChI=1S/C15H19N3O5/c1-10(2)23-9-8-17-13(19)15(3,16-14(17)20)11-4-6-12(7-5-11)18(21)22/h4-7,10H,8-9H2,1-3H3,(H,16,20). The van der Waals surface area contributed by atoms with E-state index >= 15 is 0 Å². The third-order valence-corrected chi connectivity index (χ3v) is 3.70. The molecule has 1 N–H and O–H groups in total. The molecule has 124 valence electrons. The molecule has 1 unspecified atom stereocenters. The number of rotatable bonds is 6. The third kappa shape index (κ3) is 3.31. The van der Waals surface area contributed by atoms with E-state index in [-0.39, 0.29) is 24.9 Å². The lowest BCUT2D eigenvalue weighted by molar-refractivity contribution is -0.384. The third-order valence-electron chi connectivity index (χ3n) is 3.70. The number of hydrogen-bond acceptors (Lipinski definition) is 5. The van der Waals surface area contributed by atoms with Gasteiger partial charge in [-0.1, -0.05) is 0 Å². The van der Waals surface area contributed by atoms with Crippen LogP contribution in [0.25, 0.3) is 0 Å². The van der Waals surface area contributed by atoms with Crippen LogP contribution in [0, 0.1) is 10.1 Å². The molecule has 23 heavy (non-hydrogen) atoms. The molecule has 1 fully saturated rings. The van der Waals surface area contributed by atoms with Gasteiger partial charge in [-0.15, -0.1) is 0 Å². The molecule has 1 heterocycles. The number of imide groups is 1. The van der Waals surface area contributed by atoms with Crippen molar-refractivity contribution in [3.63, 3.8) is 0 Å². The van der Waals surface area contributed by atoms with Crippen LogP contribution in [0.15, 0.2) is 24.3 Å². The molecule has 8 nitrogen and oxygen atoms in total. The van der Waals surface area contributed by atoms with Crippen LogP contribution in [0.2, 0.25) is 0 Å². The molecule has 2 rings (SSSR count). The summed E-state index contributed by atoms with van der Waals surface area (Å²) in [6.07, 6.45) is 0.0109. The predicted octanol–water partition coefficient (Wildman–Crippen LogP) is 1.79. The topological polar surface area (TPSA) is 102 Å². The predicted molar refractivity (Wildman–Crippen MR) is 81.8 cm³/mol. The first-order valence-electron chi connectivity index (χ1n) is 7.26. The van der Waals surface area contributed by atoms with E-state index < -0.39 is 22.4 Å². The highest BCUT2D eigenvalue weighted by Crippen LogP contribution is 2.29. The molecule has 8 heteroatoms. The molecule has 0 bridgehead atoms. The Hall–Kier alpha value is -2.48. The molecule has 1 aromatic carbocycles. The number of non-ortho nitro benzene ring substituents is 1. The molecule has 1 aliphatic heterocycles. The Bertz CT molecular complexity index is 629. The summed E-state index contributed by atoms with van der Waals surface area (Å²) in [7, 11) is 0. The van der Waals surface area contributed by atoms with Crippen molar-refractivity contribution in [2.75, 3.05) is 13.2 Å². The highest BCUT2D eigenvalue weighted by Gasteiger charge is 2.48. The van der Waals surface area contributed by atoms with Gasteiger partial charge in [0, 0.05) is 12.1 Å². The van der Waals surface area contributed by atoms with Crippen molar-refractivity contribution in [1.82, 2.24) is 10.2 Å². The van der Waals surface area contributed by atoms with Gasteiger partial charge in [-0.25, -0.2) is 4.79 Å². The van der Waals surface area contributed by atoms with E-state index in [0.29, 0.717) is 5.56 Å². The summed E-state index contributed by atoms with van der Waals surface area (Å²) in [5, 5.41) is 13.3. The Morgan fingerprint density at radius 2 is 1.91 bits per heavy atom. The van der Waals surface area contributed by atoms with Crippen LogP contribution in [-0.4, -0.2) is 41.0 Å². The Labute approximate surface area is 133 Å². The Morgan fingerprint density at radius 1 is 1.30 bits per heavy atom. The first-order chi connectivity index (χ1) is 10.8. The second-order valence-electron chi connectivity index (χ2n) is 5.74. The van der Waals surface area contributed by atoms with Crippen LogP contribution in [0.4, 0.5) is 10.5 Å². The van der Waals surface area contributed by atoms with Crippen LogP contribution in [-0.2, 0) is 15.1 Å². The number of carbonyl (C=O) groups is 2. The van der Waals surface area contributed by atoms with E-state index in [4.69, 9.17) is 4.74 Å². The van der Waals surface area contributed by atoms with Crippen LogP contribution >= 0.6 is 0 Å². The number of nitro benzene ring substituents is 1. The molecule has 1 saturated heterocycles. The van der Waals surface area contributed by atoms with E-state index in [1.165, 1.54) is 24.3 Å². The molecule has 0 spiro atoms. The summed E-state index contributed by atoms with van der Waals surface area (Å²) >= 11 is 0. The van der Waals surface area contributed by atoms with Crippen molar-refractivity contribution in [3.8, 4) is 0 Å². The van der Waals surface area contributed by atoms with Gasteiger partial charge in [-0.05, 0) is 38.5 Å². The number of carbonyl (C=O) groups excluding carboxylic acids is 2. The molecule has 3 amide bonds. The maximum absolute atomic E-state index is 12.6. The number of hydrogen-bond donors (Lipinski definition) is 1. The normalized spacial score (nSPS) is 21.0. The minimum atomic E-state index is -1.23. The Balaban J connectivity index is 2.17. The highest BCUT2D eigenvalue weighted by atomic mass is 16.6. The molecule has 1 atom stereocenters. The zero-order valence-electron chi connectivity index (χ0n) is 13.2. The Morgan fingerprint density at radius 3 is 2.43 bits per heavy atom. The summed E-state index contributed by atoms with van der Waals surface area (Å²) in [6.45, 7) is 5.73. The SMILES string of the molecule is CC(C)OCCN1C(=O)NC(C)(c2ccc([N+](=O)[O-])cc2)C1=O. The fourth-order valence-corrected chi connectivity index (χ4v) is 2.39. The van der Waals surface area contributed by atoms with Crippen molar-refractivity contribution < 1.29 is 19.2 Å². The van der Waals surface area contributed by atoms with Crippen molar-refractivity contribution in [2.45, 2.75) is 32.4 Å². The van der Waals surface area contributed by atoms with Crippen LogP contribution in [0.1, 0.15) is 26.3 Å². The van der Waals surface area contributed by atoms with E-state index in [9.17, 15) is 19.7 Å². The molecule has 0 aliphatic carbocycles. The number of amides is 3. The second kappa shape index (κ2) is 6.33. The van der Waals surface area contributed by atoms with Crippen molar-refractivity contribution in [3.05, 3.63) is 39.9 Å². The number of nitrogens with zero attached hydrogens (tertiary/aromatic N) is 2. The first-order valence-corrected chi connectivity index (χ1v) is 7.26. The average Bonchev–Trinajstić information content (AvgIpc) is 2.71. The lowest BCUT2D eigenvalue weighted by Gasteiger charge is -2.22. The van der Waals surface area contributed by atoms with E-state index in [2.05, 4.69) is 5.32 Å². The van der Waals surface area contributed by atoms with E-state index in [0.717, 1.165) is 4.90 Å². The van der Waals surface area contributed by atoms with E-state index in [1.807, 2.05) is 13.8 Å². The van der Waals surface area contributed by atoms with Gasteiger partial charge in [0.05, 0.1) is 24.2 Å². The van der Waals surface area contributed by atoms with Gasteiger partial charge in [0.1, 0.15) is 5.54 Å². The van der Waals surface area contributed by atoms with Gasteiger partial charge in [-0.2, -0.15) is 0 Å². The van der Waals surface area contributed by atoms with Gasteiger partial charge in [0.2, 0.25) is 0 Å². The molecule has 0 aromatic heterocycles. The molecular weight excluding hydrogens is 302 g/mol. The zero-order valence-corrected chi connectivity index (χ0v) is 13.2. The first kappa shape index (κ1) is 16.9. The van der Waals surface area contributed by atoms with Crippen LogP contribution in [0.3, 0.4) is 0 Å². The Kier molecular flexibility index (Phi) is 4.65. The monoisotopic (exact) mass is 321 g/mol. The van der Waals surface area contributed by atoms with Gasteiger partial charge in [0.25, 0.3) is 11.6 Å². The van der Waals surface area contributed by atoms with E-state index in [1.54, 1.807) is 6.92 Å². The highest BCUT2D eigenvalue weighted by molar-refractivity contribution is 6.07. The number of nitrogens with one attached hydrogen (secondary N) is 1. The average molecular weight is 321 g/mol. The number of benzene rings is 1. The fourth-order valence-electron chi connectivity index (χ4n) is 2.39. The largest absolute Gasteiger partial charge is 0.377 e. The summed E-state index contributed by atoms with van der Waals surface area (Å²) in [6, 6.07) is 5.08. The maximum atomic E-state index is 12.6. The molecule has 0 saturated carbocycles. The summed E-state index contributed by atoms with van der Waals surface area (Å²) in [5.74, 6) is -0.399. The summed E-state index contributed by atoms with van der Waals surface area (Å²) in [4.78, 5) is 35.9. The van der Waals surface area contributed by atoms with Crippen LogP contribution < -0.4 is 5.32 Å². The number of ether oxygens (including phenoxy) is 1. The quantitative estimate of drug-likeness (QED) is 0.489. The summed E-state index contributed by atoms with van der Waals surface area (Å²) in [5.41, 5.74) is -0.811. The summed E-state index contributed by atoms with van der Waals surface area (Å²) < 4.78 is 5.37.